The number of aryl methyl sites for hydroxylation is 1. The monoisotopic (exact) mass is 804 g/mol. The van der Waals surface area contributed by atoms with E-state index < -0.39 is 62.1 Å². The summed E-state index contributed by atoms with van der Waals surface area (Å²) in [5, 5.41) is 4.38. The van der Waals surface area contributed by atoms with E-state index in [4.69, 9.17) is 9.47 Å². The maximum Gasteiger partial charge on any atom is 0.434 e. The van der Waals surface area contributed by atoms with Crippen LogP contribution in [0.1, 0.15) is 69.5 Å². The zero-order valence-corrected chi connectivity index (χ0v) is 32.5. The van der Waals surface area contributed by atoms with Crippen molar-refractivity contribution in [2.45, 2.75) is 93.8 Å². The summed E-state index contributed by atoms with van der Waals surface area (Å²) in [6.45, 7) is 3.92. The second-order valence-electron chi connectivity index (χ2n) is 15.1. The van der Waals surface area contributed by atoms with Crippen molar-refractivity contribution in [3.05, 3.63) is 47.0 Å². The minimum absolute atomic E-state index is 0.00372. The van der Waals surface area contributed by atoms with E-state index in [0.29, 0.717) is 66.6 Å². The molecule has 296 valence electrons. The van der Waals surface area contributed by atoms with Gasteiger partial charge in [0.05, 0.1) is 17.4 Å². The Morgan fingerprint density at radius 1 is 1.13 bits per heavy atom. The van der Waals surface area contributed by atoms with Gasteiger partial charge in [0, 0.05) is 61.3 Å². The number of fused-ring (bicyclic) bond motifs is 3. The summed E-state index contributed by atoms with van der Waals surface area (Å²) in [5.74, 6) is -1.09. The molecule has 3 fully saturated rings. The van der Waals surface area contributed by atoms with E-state index in [1.807, 2.05) is 12.2 Å². The predicted octanol–water partition coefficient (Wildman–Crippen LogP) is 5.57. The van der Waals surface area contributed by atoms with Gasteiger partial charge in [-0.3, -0.25) is 14.3 Å². The van der Waals surface area contributed by atoms with Crippen LogP contribution in [-0.4, -0.2) is 95.7 Å². The number of hydrogen-bond acceptors (Lipinski definition) is 10. The van der Waals surface area contributed by atoms with Crippen LogP contribution < -0.4 is 19.5 Å². The van der Waals surface area contributed by atoms with E-state index in [2.05, 4.69) is 20.0 Å². The molecule has 0 radical (unpaired) electrons. The molecule has 18 heteroatoms. The van der Waals surface area contributed by atoms with Gasteiger partial charge in [0.15, 0.2) is 5.69 Å². The second kappa shape index (κ2) is 14.2. The predicted molar refractivity (Wildman–Crippen MR) is 198 cm³/mol. The Labute approximate surface area is 320 Å². The molecular weight excluding hydrogens is 762 g/mol. The fourth-order valence-electron chi connectivity index (χ4n) is 7.28. The Bertz CT molecular complexity index is 2170. The maximum atomic E-state index is 14.4. The minimum atomic E-state index is -4.64. The molecule has 7 rings (SSSR count). The van der Waals surface area contributed by atoms with Crippen LogP contribution in [-0.2, 0) is 25.8 Å². The first-order chi connectivity index (χ1) is 26.0. The third-order valence-corrected chi connectivity index (χ3v) is 14.2. The Kier molecular flexibility index (Phi) is 10.1. The summed E-state index contributed by atoms with van der Waals surface area (Å²) < 4.78 is 80.0. The number of ether oxygens (including phenoxy) is 2. The highest BCUT2D eigenvalue weighted by atomic mass is 32.2. The van der Waals surface area contributed by atoms with Gasteiger partial charge >= 0.3 is 12.2 Å². The van der Waals surface area contributed by atoms with Crippen LogP contribution in [0.5, 0.6) is 11.5 Å². The van der Waals surface area contributed by atoms with Crippen LogP contribution in [0.15, 0.2) is 35.7 Å². The number of piperidine rings is 1. The standard InChI is InChI=1S/C37H43F3N6O7S2/c1-21-27(52-4)11-10-24-28(18-25(41-30(21)24)32-42-29(20-54-32)37(38,39)40)53-23-12-16-46-26(17-23)31(47)43-36(33(48)44-55(50,51)35(2)13-14-35)19-22(36)9-7-5-6-8-15-45(3)34(46)49/h7,9-11,18,20,22-23,26H,5-6,8,12-17,19H2,1-4H3,(H,43,47)(H,44,48)/b9-7-/t22?,23-,26-,36+/m0/s1. The van der Waals surface area contributed by atoms with Crippen molar-refractivity contribution in [1.82, 2.24) is 29.8 Å². The number of urea groups is 1. The zero-order chi connectivity index (χ0) is 39.5. The van der Waals surface area contributed by atoms with Crippen LogP contribution >= 0.6 is 11.3 Å². The number of carbonyl (C=O) groups excluding carboxylic acids is 3. The Hall–Kier alpha value is -4.45. The molecule has 55 heavy (non-hydrogen) atoms. The molecule has 4 atom stereocenters. The largest absolute Gasteiger partial charge is 0.496 e. The number of hydrogen-bond donors (Lipinski definition) is 2. The van der Waals surface area contributed by atoms with Crippen LogP contribution in [0.2, 0.25) is 0 Å². The molecule has 2 aliphatic carbocycles. The lowest BCUT2D eigenvalue weighted by Gasteiger charge is -2.40. The highest BCUT2D eigenvalue weighted by molar-refractivity contribution is 7.91. The quantitative estimate of drug-likeness (QED) is 0.291. The van der Waals surface area contributed by atoms with Gasteiger partial charge in [0.25, 0.3) is 5.91 Å². The van der Waals surface area contributed by atoms with Gasteiger partial charge in [-0.1, -0.05) is 12.2 Å². The summed E-state index contributed by atoms with van der Waals surface area (Å²) in [4.78, 5) is 53.5. The van der Waals surface area contributed by atoms with Gasteiger partial charge in [-0.05, 0) is 64.5 Å². The molecule has 13 nitrogen and oxygen atoms in total. The minimum Gasteiger partial charge on any atom is -0.496 e. The molecule has 4 heterocycles. The van der Waals surface area contributed by atoms with Crippen molar-refractivity contribution in [1.29, 1.82) is 0 Å². The molecule has 4 amide bonds. The molecule has 2 N–H and O–H groups in total. The van der Waals surface area contributed by atoms with E-state index in [0.717, 1.165) is 23.1 Å². The average molecular weight is 805 g/mol. The first kappa shape index (κ1) is 38.8. The highest BCUT2D eigenvalue weighted by Crippen LogP contribution is 2.48. The van der Waals surface area contributed by atoms with Crippen LogP contribution in [0.3, 0.4) is 0 Å². The van der Waals surface area contributed by atoms with Gasteiger partial charge in [-0.15, -0.1) is 11.3 Å². The molecule has 2 aromatic heterocycles. The molecule has 0 spiro atoms. The SMILES string of the molecule is COc1ccc2c(O[C@H]3CCN4C(=O)N(C)CCCC/C=C\C5C[C@@]5(C(=O)NS(=O)(=O)C5(C)CC5)NC(=O)[C@@H]4C3)cc(-c3nc(C(F)(F)F)cs3)nc2c1C. The summed E-state index contributed by atoms with van der Waals surface area (Å²) >= 11 is 0.795. The highest BCUT2D eigenvalue weighted by Gasteiger charge is 2.63. The summed E-state index contributed by atoms with van der Waals surface area (Å²) in [6, 6.07) is 3.51. The van der Waals surface area contributed by atoms with Gasteiger partial charge < -0.3 is 24.6 Å². The number of pyridine rings is 1. The average Bonchev–Trinajstić information content (AvgIpc) is 3.99. The molecular formula is C37H43F3N6O7S2. The number of nitrogens with zero attached hydrogens (tertiary/aromatic N) is 4. The summed E-state index contributed by atoms with van der Waals surface area (Å²) in [7, 11) is -0.838. The van der Waals surface area contributed by atoms with Gasteiger partial charge in [-0.2, -0.15) is 13.2 Å². The number of sulfonamides is 1. The lowest BCUT2D eigenvalue weighted by molar-refractivity contribution is -0.140. The van der Waals surface area contributed by atoms with E-state index in [1.165, 1.54) is 18.1 Å². The fourth-order valence-corrected chi connectivity index (χ4v) is 9.38. The van der Waals surface area contributed by atoms with E-state index in [1.54, 1.807) is 37.9 Å². The molecule has 1 saturated heterocycles. The number of carbonyl (C=O) groups is 3. The van der Waals surface area contributed by atoms with E-state index >= 15 is 0 Å². The number of aromatic nitrogens is 2. The number of amides is 4. The van der Waals surface area contributed by atoms with Crippen molar-refractivity contribution in [3.63, 3.8) is 0 Å². The number of benzene rings is 1. The zero-order valence-electron chi connectivity index (χ0n) is 30.9. The third kappa shape index (κ3) is 7.46. The Morgan fingerprint density at radius 2 is 1.89 bits per heavy atom. The number of allylic oxidation sites excluding steroid dienone is 1. The van der Waals surface area contributed by atoms with Crippen LogP contribution in [0, 0.1) is 12.8 Å². The smallest absolute Gasteiger partial charge is 0.434 e. The lowest BCUT2D eigenvalue weighted by atomic mass is 9.97. The molecule has 4 aliphatic rings. The molecule has 1 unspecified atom stereocenters. The number of thiazole rings is 1. The van der Waals surface area contributed by atoms with Crippen molar-refractivity contribution in [3.8, 4) is 22.2 Å². The van der Waals surface area contributed by atoms with Crippen molar-refractivity contribution in [2.24, 2.45) is 5.92 Å². The van der Waals surface area contributed by atoms with Crippen molar-refractivity contribution < 1.29 is 45.4 Å². The van der Waals surface area contributed by atoms with E-state index in [9.17, 15) is 36.0 Å². The number of nitrogens with one attached hydrogen (secondary N) is 2. The van der Waals surface area contributed by atoms with Crippen LogP contribution in [0.4, 0.5) is 18.0 Å². The van der Waals surface area contributed by atoms with Crippen molar-refractivity contribution in [2.75, 3.05) is 27.2 Å². The number of methoxy groups -OCH3 is 1. The summed E-state index contributed by atoms with van der Waals surface area (Å²) in [6.07, 6.45) is 1.99. The Balaban J connectivity index is 1.21. The first-order valence-corrected chi connectivity index (χ1v) is 20.6. The van der Waals surface area contributed by atoms with Crippen molar-refractivity contribution >= 4 is 50.1 Å². The van der Waals surface area contributed by atoms with Gasteiger partial charge in [-0.25, -0.2) is 23.2 Å². The number of rotatable bonds is 7. The number of halogens is 3. The normalized spacial score (nSPS) is 26.3. The molecule has 1 aromatic carbocycles. The topological polar surface area (TPSA) is 160 Å². The fraction of sp³-hybridized carbons (Fsp3) is 0.541. The molecule has 2 saturated carbocycles. The lowest BCUT2D eigenvalue weighted by Crippen LogP contribution is -2.61. The first-order valence-electron chi connectivity index (χ1n) is 18.2. The van der Waals surface area contributed by atoms with E-state index in [-0.39, 0.29) is 36.1 Å². The molecule has 3 aromatic rings. The number of alkyl halides is 3. The second-order valence-corrected chi connectivity index (χ2v) is 18.1. The molecule has 2 aliphatic heterocycles. The maximum absolute atomic E-state index is 14.4. The van der Waals surface area contributed by atoms with Crippen LogP contribution in [0.25, 0.3) is 21.6 Å². The third-order valence-electron chi connectivity index (χ3n) is 11.2. The molecule has 0 bridgehead atoms. The summed E-state index contributed by atoms with van der Waals surface area (Å²) in [5.41, 5.74) is -1.36. The van der Waals surface area contributed by atoms with Gasteiger partial charge in [0.1, 0.15) is 39.9 Å². The Morgan fingerprint density at radius 3 is 2.58 bits per heavy atom. The van der Waals surface area contributed by atoms with Gasteiger partial charge in [0.2, 0.25) is 15.9 Å².